The number of hydrogen-bond acceptors (Lipinski definition) is 5. The number of benzene rings is 1. The number of aryl methyl sites for hydroxylation is 1. The molecule has 0 atom stereocenters. The summed E-state index contributed by atoms with van der Waals surface area (Å²) >= 11 is 0. The van der Waals surface area contributed by atoms with Gasteiger partial charge >= 0.3 is 24.4 Å². The SMILES string of the molecule is [2H]C1([2H])N(Cc2ccc(C)cc2NCCCC(=O)O)C([2H])([2H])C([2H])([2H])N(C(=O)OC(C(F)(F)F)C(F)(F)F)C1([2H])[2H]. The molecule has 1 fully saturated rings. The second-order valence-corrected chi connectivity index (χ2v) is 6.80. The Labute approximate surface area is 197 Å². The number of carboxylic acids is 1. The van der Waals surface area contributed by atoms with Gasteiger partial charge in [-0.05, 0) is 30.5 Å². The fraction of sp³-hybridized carbons (Fsp3) is 0.600. The van der Waals surface area contributed by atoms with Gasteiger partial charge in [0.1, 0.15) is 0 Å². The van der Waals surface area contributed by atoms with Crippen LogP contribution in [0.15, 0.2) is 18.2 Å². The summed E-state index contributed by atoms with van der Waals surface area (Å²) in [5.74, 6) is -1.09. The number of aliphatic carboxylic acids is 1. The van der Waals surface area contributed by atoms with E-state index in [1.165, 1.54) is 18.2 Å². The van der Waals surface area contributed by atoms with Crippen LogP contribution in [0.1, 0.15) is 34.9 Å². The van der Waals surface area contributed by atoms with E-state index in [1.54, 1.807) is 6.92 Å². The summed E-state index contributed by atoms with van der Waals surface area (Å²) < 4.78 is 147. The Hall–Kier alpha value is -2.70. The van der Waals surface area contributed by atoms with Crippen molar-refractivity contribution < 1.29 is 56.7 Å². The zero-order valence-electron chi connectivity index (χ0n) is 25.0. The molecule has 1 amide bonds. The molecule has 1 saturated heterocycles. The van der Waals surface area contributed by atoms with E-state index in [0.29, 0.717) is 5.56 Å². The van der Waals surface area contributed by atoms with Crippen LogP contribution in [0.2, 0.25) is 0 Å². The van der Waals surface area contributed by atoms with E-state index in [-0.39, 0.29) is 35.5 Å². The van der Waals surface area contributed by atoms with Crippen LogP contribution >= 0.6 is 0 Å². The zero-order valence-corrected chi connectivity index (χ0v) is 17.0. The van der Waals surface area contributed by atoms with Gasteiger partial charge in [0.05, 0.1) is 5.48 Å². The third-order valence-corrected chi connectivity index (χ3v) is 4.07. The number of carboxylic acid groups (broad SMARTS) is 1. The number of amides is 1. The number of halogens is 6. The molecule has 0 aromatic heterocycles. The Kier molecular flexibility index (Phi) is 5.59. The minimum Gasteiger partial charge on any atom is -0.481 e. The van der Waals surface area contributed by atoms with Crippen molar-refractivity contribution in [1.82, 2.24) is 9.80 Å². The van der Waals surface area contributed by atoms with Crippen LogP contribution < -0.4 is 5.32 Å². The van der Waals surface area contributed by atoms with Crippen LogP contribution in [-0.2, 0) is 16.1 Å². The fourth-order valence-corrected chi connectivity index (χ4v) is 2.55. The highest BCUT2D eigenvalue weighted by Crippen LogP contribution is 2.36. The smallest absolute Gasteiger partial charge is 0.434 e. The van der Waals surface area contributed by atoms with Crippen LogP contribution in [0.5, 0.6) is 0 Å². The van der Waals surface area contributed by atoms with E-state index in [1.807, 2.05) is 0 Å². The molecule has 0 radical (unpaired) electrons. The van der Waals surface area contributed by atoms with Crippen molar-refractivity contribution in [3.05, 3.63) is 29.3 Å². The van der Waals surface area contributed by atoms with Crippen molar-refractivity contribution in [1.29, 1.82) is 0 Å². The molecule has 1 aromatic rings. The number of nitrogens with zero attached hydrogens (tertiary/aromatic N) is 2. The second-order valence-electron chi connectivity index (χ2n) is 6.80. The summed E-state index contributed by atoms with van der Waals surface area (Å²) in [7, 11) is 0. The van der Waals surface area contributed by atoms with Gasteiger partial charge in [-0.3, -0.25) is 9.69 Å². The Morgan fingerprint density at radius 1 is 1.15 bits per heavy atom. The zero-order chi connectivity index (χ0) is 32.0. The predicted molar refractivity (Wildman–Crippen MR) is 106 cm³/mol. The van der Waals surface area contributed by atoms with Gasteiger partial charge in [0, 0.05) is 56.7 Å². The van der Waals surface area contributed by atoms with Crippen LogP contribution in [0, 0.1) is 6.92 Å². The fourth-order valence-electron chi connectivity index (χ4n) is 2.55. The van der Waals surface area contributed by atoms with Gasteiger partial charge in [-0.15, -0.1) is 0 Å². The molecule has 0 spiro atoms. The molecular weight excluding hydrogens is 460 g/mol. The maximum absolute atomic E-state index is 13.0. The quantitative estimate of drug-likeness (QED) is 0.421. The highest BCUT2D eigenvalue weighted by molar-refractivity contribution is 5.68. The maximum atomic E-state index is 13.0. The molecule has 7 nitrogen and oxygen atoms in total. The first-order valence-electron chi connectivity index (χ1n) is 13.3. The number of piperazine rings is 1. The normalized spacial score (nSPS) is 25.3. The molecule has 0 bridgehead atoms. The first-order chi connectivity index (χ1) is 18.3. The molecule has 1 aromatic carbocycles. The van der Waals surface area contributed by atoms with Crippen LogP contribution in [-0.4, -0.2) is 78.0 Å². The summed E-state index contributed by atoms with van der Waals surface area (Å²) in [5, 5.41) is 11.6. The number of alkyl halides is 6. The Balaban J connectivity index is 2.53. The van der Waals surface area contributed by atoms with Gasteiger partial charge in [0.25, 0.3) is 6.10 Å². The van der Waals surface area contributed by atoms with Gasteiger partial charge in [-0.2, -0.15) is 26.3 Å². The van der Waals surface area contributed by atoms with Crippen LogP contribution in [0.4, 0.5) is 36.8 Å². The monoisotopic (exact) mass is 493 g/mol. The highest BCUT2D eigenvalue weighted by Gasteiger charge is 2.60. The molecule has 2 N–H and O–H groups in total. The largest absolute Gasteiger partial charge is 0.481 e. The lowest BCUT2D eigenvalue weighted by atomic mass is 10.1. The maximum Gasteiger partial charge on any atom is 0.434 e. The number of nitrogens with one attached hydrogen (secondary N) is 1. The van der Waals surface area contributed by atoms with E-state index in [2.05, 4.69) is 10.1 Å². The lowest BCUT2D eigenvalue weighted by Gasteiger charge is -2.35. The number of carbonyl (C=O) groups is 2. The lowest BCUT2D eigenvalue weighted by molar-refractivity contribution is -0.308. The van der Waals surface area contributed by atoms with E-state index in [0.717, 1.165) is 0 Å². The summed E-state index contributed by atoms with van der Waals surface area (Å²) in [6, 6.07) is 4.31. The van der Waals surface area contributed by atoms with Gasteiger partial charge in [-0.25, -0.2) is 4.79 Å². The third kappa shape index (κ3) is 8.30. The summed E-state index contributed by atoms with van der Waals surface area (Å²) in [4.78, 5) is 22.2. The molecule has 0 unspecified atom stereocenters. The number of anilines is 1. The standard InChI is InChI=1S/C20H25F6N3O4/c1-13-4-5-14(15(11-13)27-6-2-3-16(30)31)12-28-7-9-29(10-8-28)18(32)33-17(19(21,22)23)20(24,25)26/h4-5,11,17,27H,2-3,6-10,12H2,1H3,(H,30,31)/i7D2,8D2,9D2,10D2. The van der Waals surface area contributed by atoms with Gasteiger partial charge in [-0.1, -0.05) is 12.1 Å². The number of rotatable bonds is 8. The molecule has 33 heavy (non-hydrogen) atoms. The average molecular weight is 493 g/mol. The van der Waals surface area contributed by atoms with E-state index >= 15 is 0 Å². The average Bonchev–Trinajstić information content (AvgIpc) is 2.76. The Morgan fingerprint density at radius 3 is 2.30 bits per heavy atom. The lowest BCUT2D eigenvalue weighted by Crippen LogP contribution is -2.52. The van der Waals surface area contributed by atoms with Crippen LogP contribution in [0.25, 0.3) is 0 Å². The molecule has 0 aliphatic carbocycles. The molecule has 1 aliphatic heterocycles. The molecule has 1 aliphatic rings. The second kappa shape index (κ2) is 10.9. The van der Waals surface area contributed by atoms with Gasteiger partial charge in [0.2, 0.25) is 0 Å². The molecular formula is C20H25F6N3O4. The Morgan fingerprint density at radius 2 is 1.76 bits per heavy atom. The number of ether oxygens (including phenoxy) is 1. The van der Waals surface area contributed by atoms with Gasteiger partial charge < -0.3 is 20.1 Å². The summed E-state index contributed by atoms with van der Waals surface area (Å²) in [5.41, 5.74) is 0.862. The minimum absolute atomic E-state index is 0.00186. The highest BCUT2D eigenvalue weighted by atomic mass is 19.4. The molecule has 0 saturated carbocycles. The third-order valence-electron chi connectivity index (χ3n) is 4.07. The molecule has 186 valence electrons. The summed E-state index contributed by atoms with van der Waals surface area (Å²) in [6.45, 7) is -15.0. The van der Waals surface area contributed by atoms with Crippen molar-refractivity contribution in [2.24, 2.45) is 0 Å². The van der Waals surface area contributed by atoms with Gasteiger partial charge in [0.15, 0.2) is 0 Å². The van der Waals surface area contributed by atoms with Crippen molar-refractivity contribution in [3.63, 3.8) is 0 Å². The van der Waals surface area contributed by atoms with Crippen molar-refractivity contribution in [2.45, 2.75) is 44.8 Å². The number of carbonyl (C=O) groups excluding carboxylic acids is 1. The van der Waals surface area contributed by atoms with Crippen LogP contribution in [0.3, 0.4) is 0 Å². The molecule has 1 heterocycles. The molecule has 2 rings (SSSR count). The van der Waals surface area contributed by atoms with Crippen molar-refractivity contribution in [3.8, 4) is 0 Å². The predicted octanol–water partition coefficient (Wildman–Crippen LogP) is 4.02. The first-order valence-corrected chi connectivity index (χ1v) is 9.27. The van der Waals surface area contributed by atoms with Crippen molar-refractivity contribution >= 4 is 17.7 Å². The van der Waals surface area contributed by atoms with E-state index < -0.39 is 68.0 Å². The first kappa shape index (κ1) is 16.8. The Bertz CT molecular complexity index is 1110. The van der Waals surface area contributed by atoms with E-state index in [9.17, 15) is 35.9 Å². The number of hydrogen-bond donors (Lipinski definition) is 2. The van der Waals surface area contributed by atoms with E-state index in [4.69, 9.17) is 16.1 Å². The molecule has 13 heteroatoms. The summed E-state index contributed by atoms with van der Waals surface area (Å²) in [6.07, 6.45) is -20.4. The minimum atomic E-state index is -6.27. The van der Waals surface area contributed by atoms with Crippen molar-refractivity contribution in [2.75, 3.05) is 37.8 Å². The topological polar surface area (TPSA) is 82.1 Å².